The average molecular weight is 573 g/mol. The predicted molar refractivity (Wildman–Crippen MR) is 151 cm³/mol. The quantitative estimate of drug-likeness (QED) is 0.176. The van der Waals surface area contributed by atoms with Crippen molar-refractivity contribution < 1.29 is 29.6 Å². The number of carboxylic acid groups (broad SMARTS) is 2. The van der Waals surface area contributed by atoms with E-state index >= 15 is 0 Å². The van der Waals surface area contributed by atoms with E-state index in [0.717, 1.165) is 54.4 Å². The summed E-state index contributed by atoms with van der Waals surface area (Å²) in [6, 6.07) is 9.62. The van der Waals surface area contributed by atoms with Gasteiger partial charge in [-0.3, -0.25) is 0 Å². The number of carbonyl (C=O) groups is 2. The van der Waals surface area contributed by atoms with Crippen LogP contribution >= 0.6 is 23.2 Å². The van der Waals surface area contributed by atoms with Crippen molar-refractivity contribution in [3.8, 4) is 11.5 Å². The van der Waals surface area contributed by atoms with Gasteiger partial charge in [0.2, 0.25) is 0 Å². The summed E-state index contributed by atoms with van der Waals surface area (Å²) in [6.45, 7) is 0.294. The molecule has 8 nitrogen and oxygen atoms in total. The van der Waals surface area contributed by atoms with Crippen LogP contribution in [-0.4, -0.2) is 27.3 Å². The lowest BCUT2D eigenvalue weighted by Crippen LogP contribution is -2.15. The molecule has 3 aromatic carbocycles. The third kappa shape index (κ3) is 5.72. The number of phenols is 1. The Bertz CT molecular complexity index is 1430. The van der Waals surface area contributed by atoms with E-state index in [1.54, 1.807) is 0 Å². The van der Waals surface area contributed by atoms with Gasteiger partial charge in [0.1, 0.15) is 6.61 Å². The zero-order chi connectivity index (χ0) is 28.3. The van der Waals surface area contributed by atoms with Crippen molar-refractivity contribution in [3.63, 3.8) is 0 Å². The maximum absolute atomic E-state index is 11.7. The number of rotatable bonds is 5. The van der Waals surface area contributed by atoms with Crippen LogP contribution in [0.15, 0.2) is 30.3 Å². The van der Waals surface area contributed by atoms with Crippen molar-refractivity contribution in [1.82, 2.24) is 0 Å². The van der Waals surface area contributed by atoms with Crippen molar-refractivity contribution in [1.29, 1.82) is 0 Å². The lowest BCUT2D eigenvalue weighted by molar-refractivity contribution is 0.0685. The number of hydrogen-bond donors (Lipinski definition) is 5. The van der Waals surface area contributed by atoms with E-state index in [4.69, 9.17) is 44.5 Å². The van der Waals surface area contributed by atoms with Crippen LogP contribution in [0.1, 0.15) is 74.2 Å². The highest BCUT2D eigenvalue weighted by Crippen LogP contribution is 2.44. The molecule has 10 heteroatoms. The summed E-state index contributed by atoms with van der Waals surface area (Å²) in [7, 11) is 0. The van der Waals surface area contributed by atoms with Crippen molar-refractivity contribution >= 4 is 46.5 Å². The van der Waals surface area contributed by atoms with Gasteiger partial charge in [0.05, 0.1) is 32.5 Å². The summed E-state index contributed by atoms with van der Waals surface area (Å²) in [5, 5.41) is 29.0. The number of nitrogens with two attached hydrogens (primary N) is 2. The molecule has 7 N–H and O–H groups in total. The lowest BCUT2D eigenvalue weighted by Gasteiger charge is -2.23. The number of aromatic carboxylic acids is 2. The van der Waals surface area contributed by atoms with E-state index in [1.807, 2.05) is 30.3 Å². The van der Waals surface area contributed by atoms with Gasteiger partial charge in [-0.25, -0.2) is 9.59 Å². The summed E-state index contributed by atoms with van der Waals surface area (Å²) in [5.74, 6) is -2.15. The molecule has 0 heterocycles. The van der Waals surface area contributed by atoms with Gasteiger partial charge in [-0.2, -0.15) is 0 Å². The SMILES string of the molecule is Nc1c(O)c(Cl)c2c(c1C(=O)O)CCCC2.Nc1c(OCc2ccccc2)c(Cl)c2c(c1C(=O)O)CCCC2. The topological polar surface area (TPSA) is 156 Å². The predicted octanol–water partition coefficient (Wildman–Crippen LogP) is 6.28. The lowest BCUT2D eigenvalue weighted by atomic mass is 9.87. The number of carboxylic acids is 2. The Morgan fingerprint density at radius 2 is 1.21 bits per heavy atom. The number of fused-ring (bicyclic) bond motifs is 2. The molecule has 5 rings (SSSR count). The second kappa shape index (κ2) is 12.1. The third-order valence-corrected chi connectivity index (χ3v) is 7.98. The molecule has 0 aromatic heterocycles. The highest BCUT2D eigenvalue weighted by Gasteiger charge is 2.28. The Hall–Kier alpha value is -3.62. The molecule has 0 spiro atoms. The highest BCUT2D eigenvalue weighted by atomic mass is 35.5. The number of hydrogen-bond acceptors (Lipinski definition) is 6. The Labute approximate surface area is 236 Å². The van der Waals surface area contributed by atoms with Gasteiger partial charge in [-0.1, -0.05) is 53.5 Å². The third-order valence-electron chi connectivity index (χ3n) is 7.17. The fraction of sp³-hybridized carbons (Fsp3) is 0.310. The monoisotopic (exact) mass is 572 g/mol. The van der Waals surface area contributed by atoms with Crippen LogP contribution < -0.4 is 16.2 Å². The molecule has 3 aromatic rings. The first-order valence-corrected chi connectivity index (χ1v) is 13.5. The van der Waals surface area contributed by atoms with Gasteiger partial charge in [0, 0.05) is 0 Å². The Kier molecular flexibility index (Phi) is 8.77. The van der Waals surface area contributed by atoms with E-state index < -0.39 is 11.9 Å². The molecule has 0 unspecified atom stereocenters. The van der Waals surface area contributed by atoms with E-state index in [9.17, 15) is 19.8 Å². The van der Waals surface area contributed by atoms with Crippen LogP contribution in [0.2, 0.25) is 10.0 Å². The van der Waals surface area contributed by atoms with Crippen molar-refractivity contribution in [2.24, 2.45) is 0 Å². The summed E-state index contributed by atoms with van der Waals surface area (Å²) in [5.41, 5.74) is 15.8. The summed E-state index contributed by atoms with van der Waals surface area (Å²) in [4.78, 5) is 22.8. The van der Waals surface area contributed by atoms with Gasteiger partial charge < -0.3 is 31.5 Å². The number of nitrogen functional groups attached to an aromatic ring is 2. The minimum absolute atomic E-state index is 0.0107. The van der Waals surface area contributed by atoms with E-state index in [-0.39, 0.29) is 39.0 Å². The smallest absolute Gasteiger partial charge is 0.338 e. The van der Waals surface area contributed by atoms with Crippen LogP contribution in [0, 0.1) is 0 Å². The first kappa shape index (κ1) is 28.4. The second-order valence-electron chi connectivity index (χ2n) is 9.60. The molecule has 0 atom stereocenters. The zero-order valence-electron chi connectivity index (χ0n) is 21.2. The van der Waals surface area contributed by atoms with Crippen molar-refractivity contribution in [2.75, 3.05) is 11.5 Å². The number of phenolic OH excluding ortho intramolecular Hbond substituents is 1. The van der Waals surface area contributed by atoms with Crippen LogP contribution in [0.3, 0.4) is 0 Å². The van der Waals surface area contributed by atoms with Gasteiger partial charge in [-0.15, -0.1) is 0 Å². The molecular formula is C29H30Cl2N2O6. The molecule has 0 bridgehead atoms. The Morgan fingerprint density at radius 1 is 0.744 bits per heavy atom. The molecule has 0 saturated carbocycles. The molecule has 206 valence electrons. The number of halogens is 2. The summed E-state index contributed by atoms with van der Waals surface area (Å²) >= 11 is 12.4. The van der Waals surface area contributed by atoms with Crippen LogP contribution in [-0.2, 0) is 32.3 Å². The maximum atomic E-state index is 11.7. The number of ether oxygens (including phenoxy) is 1. The Morgan fingerprint density at radius 3 is 1.72 bits per heavy atom. The molecule has 0 radical (unpaired) electrons. The largest absolute Gasteiger partial charge is 0.504 e. The van der Waals surface area contributed by atoms with E-state index in [2.05, 4.69) is 0 Å². The second-order valence-corrected chi connectivity index (χ2v) is 10.4. The fourth-order valence-electron chi connectivity index (χ4n) is 5.28. The molecule has 0 amide bonds. The molecule has 0 aliphatic heterocycles. The fourth-order valence-corrected chi connectivity index (χ4v) is 5.96. The number of anilines is 2. The van der Waals surface area contributed by atoms with E-state index in [1.165, 1.54) is 0 Å². The zero-order valence-corrected chi connectivity index (χ0v) is 22.7. The number of benzene rings is 3. The first-order chi connectivity index (χ1) is 18.6. The molecule has 2 aliphatic carbocycles. The number of aromatic hydroxyl groups is 1. The van der Waals surface area contributed by atoms with Crippen LogP contribution in [0.25, 0.3) is 0 Å². The summed E-state index contributed by atoms with van der Waals surface area (Å²) in [6.07, 6.45) is 6.63. The normalized spacial score (nSPS) is 13.9. The van der Waals surface area contributed by atoms with Gasteiger partial charge in [-0.05, 0) is 79.2 Å². The van der Waals surface area contributed by atoms with E-state index in [0.29, 0.717) is 36.5 Å². The molecule has 39 heavy (non-hydrogen) atoms. The van der Waals surface area contributed by atoms with Crippen LogP contribution in [0.5, 0.6) is 11.5 Å². The maximum Gasteiger partial charge on any atom is 0.338 e. The van der Waals surface area contributed by atoms with Crippen molar-refractivity contribution in [2.45, 2.75) is 58.0 Å². The molecule has 0 fully saturated rings. The molecule has 2 aliphatic rings. The summed E-state index contributed by atoms with van der Waals surface area (Å²) < 4.78 is 5.79. The van der Waals surface area contributed by atoms with Gasteiger partial charge in [0.25, 0.3) is 0 Å². The standard InChI is InChI=1S/C18H18ClNO3.C11H12ClNO3/c19-15-13-9-5-4-8-12(13)14(18(21)22)16(20)17(15)23-10-11-6-2-1-3-7-11;12-8-6-4-2-1-3-5(6)7(11(15)16)9(13)10(8)14/h1-3,6-7H,4-5,8-10,20H2,(H,21,22);14H,1-4,13H2,(H,15,16). The molecular weight excluding hydrogens is 543 g/mol. The van der Waals surface area contributed by atoms with Gasteiger partial charge in [0.15, 0.2) is 11.5 Å². The minimum atomic E-state index is -1.11. The average Bonchev–Trinajstić information content (AvgIpc) is 2.92. The first-order valence-electron chi connectivity index (χ1n) is 12.7. The van der Waals surface area contributed by atoms with Crippen molar-refractivity contribution in [3.05, 3.63) is 79.3 Å². The molecule has 0 saturated heterocycles. The Balaban J connectivity index is 0.000000193. The minimum Gasteiger partial charge on any atom is -0.504 e. The van der Waals surface area contributed by atoms with Crippen LogP contribution in [0.4, 0.5) is 11.4 Å². The highest BCUT2D eigenvalue weighted by molar-refractivity contribution is 6.34. The van der Waals surface area contributed by atoms with Gasteiger partial charge >= 0.3 is 11.9 Å².